The molecule has 1 saturated heterocycles. The lowest BCUT2D eigenvalue weighted by Gasteiger charge is -2.16. The summed E-state index contributed by atoms with van der Waals surface area (Å²) >= 11 is 0. The number of carbonyl (C=O) groups is 3. The van der Waals surface area contributed by atoms with Crippen molar-refractivity contribution in [3.8, 4) is 0 Å². The predicted octanol–water partition coefficient (Wildman–Crippen LogP) is -0.454. The molecule has 2 atom stereocenters. The van der Waals surface area contributed by atoms with Crippen molar-refractivity contribution < 1.29 is 29.0 Å². The molecule has 102 valence electrons. The van der Waals surface area contributed by atoms with Gasteiger partial charge >= 0.3 is 11.9 Å². The average molecular weight is 259 g/mol. The Balaban J connectivity index is 2.44. The molecule has 1 aliphatic rings. The van der Waals surface area contributed by atoms with E-state index < -0.39 is 18.0 Å². The fourth-order valence-corrected chi connectivity index (χ4v) is 1.65. The van der Waals surface area contributed by atoms with Crippen LogP contribution < -0.4 is 5.32 Å². The Morgan fingerprint density at radius 2 is 2.22 bits per heavy atom. The van der Waals surface area contributed by atoms with Crippen LogP contribution in [0.1, 0.15) is 19.3 Å². The summed E-state index contributed by atoms with van der Waals surface area (Å²) in [5, 5.41) is 11.4. The molecule has 0 unspecified atom stereocenters. The Morgan fingerprint density at radius 3 is 2.72 bits per heavy atom. The van der Waals surface area contributed by atoms with Gasteiger partial charge in [-0.25, -0.2) is 4.79 Å². The standard InChI is InChI=1S/C11H17NO6/c1-17-9(13)3-2-8(11(15)16)12-10(14)7-4-5-18-6-7/h7-8H,2-6H2,1H3,(H,12,14)(H,15,16)/t7-,8-/m0/s1. The molecule has 1 rings (SSSR count). The molecule has 1 heterocycles. The first-order valence-corrected chi connectivity index (χ1v) is 5.72. The van der Waals surface area contributed by atoms with E-state index in [0.29, 0.717) is 19.6 Å². The summed E-state index contributed by atoms with van der Waals surface area (Å²) in [4.78, 5) is 33.6. The van der Waals surface area contributed by atoms with E-state index in [2.05, 4.69) is 10.1 Å². The third-order valence-electron chi connectivity index (χ3n) is 2.78. The molecule has 0 aromatic rings. The monoisotopic (exact) mass is 259 g/mol. The quantitative estimate of drug-likeness (QED) is 0.626. The van der Waals surface area contributed by atoms with Crippen LogP contribution in [0.2, 0.25) is 0 Å². The van der Waals surface area contributed by atoms with Gasteiger partial charge in [0.25, 0.3) is 0 Å². The van der Waals surface area contributed by atoms with E-state index >= 15 is 0 Å². The second-order valence-corrected chi connectivity index (χ2v) is 4.07. The highest BCUT2D eigenvalue weighted by Gasteiger charge is 2.28. The van der Waals surface area contributed by atoms with Gasteiger partial charge in [-0.05, 0) is 12.8 Å². The average Bonchev–Trinajstić information content (AvgIpc) is 2.87. The highest BCUT2D eigenvalue weighted by atomic mass is 16.5. The Bertz CT molecular complexity index is 323. The molecule has 1 fully saturated rings. The van der Waals surface area contributed by atoms with Gasteiger partial charge in [0.15, 0.2) is 0 Å². The molecular weight excluding hydrogens is 242 g/mol. The van der Waals surface area contributed by atoms with Gasteiger partial charge in [-0.2, -0.15) is 0 Å². The van der Waals surface area contributed by atoms with Gasteiger partial charge in [0.1, 0.15) is 6.04 Å². The minimum absolute atomic E-state index is 0.0152. The highest BCUT2D eigenvalue weighted by molar-refractivity contribution is 5.85. The Kier molecular flexibility index (Phi) is 5.57. The van der Waals surface area contributed by atoms with Gasteiger partial charge < -0.3 is 19.9 Å². The molecule has 7 heteroatoms. The van der Waals surface area contributed by atoms with E-state index in [0.717, 1.165) is 0 Å². The van der Waals surface area contributed by atoms with Crippen LogP contribution in [-0.4, -0.2) is 49.3 Å². The van der Waals surface area contributed by atoms with E-state index in [1.54, 1.807) is 0 Å². The molecule has 0 aromatic carbocycles. The summed E-state index contributed by atoms with van der Waals surface area (Å²) in [5.74, 6) is -2.30. The molecule has 0 saturated carbocycles. The lowest BCUT2D eigenvalue weighted by Crippen LogP contribution is -2.44. The van der Waals surface area contributed by atoms with Crippen molar-refractivity contribution in [1.29, 1.82) is 0 Å². The number of aliphatic carboxylic acids is 1. The largest absolute Gasteiger partial charge is 0.480 e. The zero-order valence-electron chi connectivity index (χ0n) is 10.2. The zero-order chi connectivity index (χ0) is 13.5. The van der Waals surface area contributed by atoms with Crippen LogP contribution in [0, 0.1) is 5.92 Å². The van der Waals surface area contributed by atoms with Gasteiger partial charge in [-0.1, -0.05) is 0 Å². The molecule has 1 amide bonds. The summed E-state index contributed by atoms with van der Waals surface area (Å²) in [6.45, 7) is 0.827. The van der Waals surface area contributed by atoms with Crippen LogP contribution in [0.5, 0.6) is 0 Å². The maximum Gasteiger partial charge on any atom is 0.326 e. The number of rotatable bonds is 6. The maximum absolute atomic E-state index is 11.7. The van der Waals surface area contributed by atoms with E-state index in [1.165, 1.54) is 7.11 Å². The first kappa shape index (κ1) is 14.4. The van der Waals surface area contributed by atoms with Crippen LogP contribution in [0.3, 0.4) is 0 Å². The van der Waals surface area contributed by atoms with Gasteiger partial charge in [0, 0.05) is 13.0 Å². The first-order chi connectivity index (χ1) is 8.54. The lowest BCUT2D eigenvalue weighted by molar-refractivity contribution is -0.144. The number of amides is 1. The molecule has 0 bridgehead atoms. The van der Waals surface area contributed by atoms with E-state index in [1.807, 2.05) is 0 Å². The van der Waals surface area contributed by atoms with Crippen molar-refractivity contribution in [2.75, 3.05) is 20.3 Å². The van der Waals surface area contributed by atoms with E-state index in [9.17, 15) is 14.4 Å². The number of carboxylic acids is 1. The molecule has 0 aromatic heterocycles. The fraction of sp³-hybridized carbons (Fsp3) is 0.727. The molecule has 2 N–H and O–H groups in total. The van der Waals surface area contributed by atoms with Crippen molar-refractivity contribution in [1.82, 2.24) is 5.32 Å². The molecular formula is C11H17NO6. The van der Waals surface area contributed by atoms with Crippen LogP contribution in [0.15, 0.2) is 0 Å². The topological polar surface area (TPSA) is 102 Å². The number of carbonyl (C=O) groups excluding carboxylic acids is 2. The van der Waals surface area contributed by atoms with E-state index in [4.69, 9.17) is 9.84 Å². The van der Waals surface area contributed by atoms with Gasteiger partial charge in [-0.3, -0.25) is 9.59 Å². The van der Waals surface area contributed by atoms with Crippen LogP contribution >= 0.6 is 0 Å². The summed E-state index contributed by atoms with van der Waals surface area (Å²) in [7, 11) is 1.23. The van der Waals surface area contributed by atoms with Crippen molar-refractivity contribution in [3.05, 3.63) is 0 Å². The third-order valence-corrected chi connectivity index (χ3v) is 2.78. The highest BCUT2D eigenvalue weighted by Crippen LogP contribution is 2.13. The number of nitrogens with one attached hydrogen (secondary N) is 1. The smallest absolute Gasteiger partial charge is 0.326 e. The predicted molar refractivity (Wildman–Crippen MR) is 59.7 cm³/mol. The normalized spacial score (nSPS) is 20.2. The second kappa shape index (κ2) is 6.95. The van der Waals surface area contributed by atoms with Crippen molar-refractivity contribution >= 4 is 17.8 Å². The summed E-state index contributed by atoms with van der Waals surface area (Å²) in [6.07, 6.45) is 0.561. The third kappa shape index (κ3) is 4.33. The molecule has 18 heavy (non-hydrogen) atoms. The SMILES string of the molecule is COC(=O)CC[C@H](NC(=O)[C@H]1CCOC1)C(=O)O. The van der Waals surface area contributed by atoms with Crippen molar-refractivity contribution in [2.45, 2.75) is 25.3 Å². The number of hydrogen-bond acceptors (Lipinski definition) is 5. The molecule has 0 aliphatic carbocycles. The van der Waals surface area contributed by atoms with Crippen LogP contribution in [-0.2, 0) is 23.9 Å². The number of methoxy groups -OCH3 is 1. The van der Waals surface area contributed by atoms with Crippen molar-refractivity contribution in [2.24, 2.45) is 5.92 Å². The number of ether oxygens (including phenoxy) is 2. The Morgan fingerprint density at radius 1 is 1.50 bits per heavy atom. The lowest BCUT2D eigenvalue weighted by atomic mass is 10.1. The summed E-state index contributed by atoms with van der Waals surface area (Å²) < 4.78 is 9.47. The van der Waals surface area contributed by atoms with Gasteiger partial charge in [0.2, 0.25) is 5.91 Å². The minimum atomic E-state index is -1.16. The molecule has 1 aliphatic heterocycles. The molecule has 0 spiro atoms. The number of carboxylic acid groups (broad SMARTS) is 1. The molecule has 7 nitrogen and oxygen atoms in total. The minimum Gasteiger partial charge on any atom is -0.480 e. The number of hydrogen-bond donors (Lipinski definition) is 2. The zero-order valence-corrected chi connectivity index (χ0v) is 10.2. The van der Waals surface area contributed by atoms with Gasteiger partial charge in [0.05, 0.1) is 19.6 Å². The van der Waals surface area contributed by atoms with Crippen LogP contribution in [0.25, 0.3) is 0 Å². The summed E-state index contributed by atoms with van der Waals surface area (Å²) in [6, 6.07) is -1.07. The van der Waals surface area contributed by atoms with Crippen molar-refractivity contribution in [3.63, 3.8) is 0 Å². The first-order valence-electron chi connectivity index (χ1n) is 5.72. The number of esters is 1. The van der Waals surface area contributed by atoms with Gasteiger partial charge in [-0.15, -0.1) is 0 Å². The Labute approximate surface area is 104 Å². The fourth-order valence-electron chi connectivity index (χ4n) is 1.65. The Hall–Kier alpha value is -1.63. The molecule has 0 radical (unpaired) electrons. The maximum atomic E-state index is 11.7. The second-order valence-electron chi connectivity index (χ2n) is 4.07. The van der Waals surface area contributed by atoms with E-state index in [-0.39, 0.29) is 24.7 Å². The summed E-state index contributed by atoms with van der Waals surface area (Å²) in [5.41, 5.74) is 0. The van der Waals surface area contributed by atoms with Crippen LogP contribution in [0.4, 0.5) is 0 Å².